The zero-order valence-corrected chi connectivity index (χ0v) is 8.57. The Kier molecular flexibility index (Phi) is 3.44. The Labute approximate surface area is 95.4 Å². The van der Waals surface area contributed by atoms with Crippen LogP contribution in [-0.2, 0) is 0 Å². The minimum absolute atomic E-state index is 0.150. The lowest BCUT2D eigenvalue weighted by molar-refractivity contribution is -0.385. The second-order valence-electron chi connectivity index (χ2n) is 2.94. The molecule has 0 spiro atoms. The molecule has 0 aliphatic rings. The van der Waals surface area contributed by atoms with Crippen molar-refractivity contribution in [2.75, 3.05) is 0 Å². The number of guanidine groups is 2. The van der Waals surface area contributed by atoms with Crippen LogP contribution in [0.3, 0.4) is 0 Å². The smallest absolute Gasteiger partial charge is 0.312 e. The average molecular weight is 238 g/mol. The van der Waals surface area contributed by atoms with E-state index in [4.69, 9.17) is 17.2 Å². The van der Waals surface area contributed by atoms with Crippen molar-refractivity contribution in [2.45, 2.75) is 0 Å². The number of rotatable bonds is 2. The molecule has 1 aromatic carbocycles. The maximum atomic E-state index is 10.5. The van der Waals surface area contributed by atoms with Crippen molar-refractivity contribution in [2.24, 2.45) is 27.2 Å². The summed E-state index contributed by atoms with van der Waals surface area (Å²) in [5.74, 6) is -0.987. The number of nitro benzene ring substituents is 1. The van der Waals surface area contributed by atoms with Crippen molar-refractivity contribution < 1.29 is 10.0 Å². The van der Waals surface area contributed by atoms with Crippen LogP contribution in [0.4, 0.5) is 11.4 Å². The Morgan fingerprint density at radius 2 is 2.00 bits per heavy atom. The minimum Gasteiger partial charge on any atom is -0.502 e. The first kappa shape index (κ1) is 12.2. The summed E-state index contributed by atoms with van der Waals surface area (Å²) in [5, 5.41) is 19.7. The molecule has 0 radical (unpaired) electrons. The summed E-state index contributed by atoms with van der Waals surface area (Å²) in [6.07, 6.45) is 0. The molecule has 17 heavy (non-hydrogen) atoms. The van der Waals surface area contributed by atoms with Crippen molar-refractivity contribution in [1.29, 1.82) is 0 Å². The van der Waals surface area contributed by atoms with Gasteiger partial charge in [-0.3, -0.25) is 10.1 Å². The van der Waals surface area contributed by atoms with E-state index in [0.29, 0.717) is 0 Å². The third kappa shape index (κ3) is 3.34. The van der Waals surface area contributed by atoms with Crippen LogP contribution in [0.5, 0.6) is 5.75 Å². The van der Waals surface area contributed by atoms with Crippen LogP contribution in [0.1, 0.15) is 0 Å². The molecule has 9 heteroatoms. The Morgan fingerprint density at radius 3 is 2.53 bits per heavy atom. The van der Waals surface area contributed by atoms with Gasteiger partial charge < -0.3 is 22.3 Å². The number of phenolic OH excluding ortho intramolecular Hbond substituents is 1. The summed E-state index contributed by atoms with van der Waals surface area (Å²) < 4.78 is 0. The van der Waals surface area contributed by atoms with Crippen molar-refractivity contribution in [3.63, 3.8) is 0 Å². The highest BCUT2D eigenvalue weighted by molar-refractivity contribution is 5.93. The summed E-state index contributed by atoms with van der Waals surface area (Å²) in [5.41, 5.74) is 15.1. The Balaban J connectivity index is 3.13. The molecular formula is C8H10N6O3. The number of nitrogens with two attached hydrogens (primary N) is 3. The first-order valence-electron chi connectivity index (χ1n) is 4.31. The van der Waals surface area contributed by atoms with E-state index in [1.54, 1.807) is 0 Å². The van der Waals surface area contributed by atoms with E-state index in [0.717, 1.165) is 12.1 Å². The van der Waals surface area contributed by atoms with Crippen LogP contribution in [0.15, 0.2) is 28.2 Å². The lowest BCUT2D eigenvalue weighted by Gasteiger charge is -1.98. The normalized spacial score (nSPS) is 10.9. The van der Waals surface area contributed by atoms with Gasteiger partial charge in [0.25, 0.3) is 0 Å². The number of hydrogen-bond acceptors (Lipinski definition) is 4. The second-order valence-corrected chi connectivity index (χ2v) is 2.94. The second kappa shape index (κ2) is 4.79. The van der Waals surface area contributed by atoms with E-state index in [-0.39, 0.29) is 17.6 Å². The standard InChI is InChI=1S/C8H10N6O3/c9-7(10)13-8(11)12-4-1-2-6(15)5(3-4)14(16)17/h1-3,15H,(H6,9,10,11,12,13). The molecule has 1 rings (SSSR count). The molecule has 0 atom stereocenters. The van der Waals surface area contributed by atoms with Gasteiger partial charge >= 0.3 is 5.69 Å². The predicted octanol–water partition coefficient (Wildman–Crippen LogP) is -0.480. The Morgan fingerprint density at radius 1 is 1.35 bits per heavy atom. The molecule has 0 heterocycles. The highest BCUT2D eigenvalue weighted by Crippen LogP contribution is 2.29. The predicted molar refractivity (Wildman–Crippen MR) is 61.9 cm³/mol. The molecule has 0 amide bonds. The van der Waals surface area contributed by atoms with Crippen LogP contribution >= 0.6 is 0 Å². The highest BCUT2D eigenvalue weighted by atomic mass is 16.6. The minimum atomic E-state index is -0.745. The quantitative estimate of drug-likeness (QED) is 0.235. The summed E-state index contributed by atoms with van der Waals surface area (Å²) in [7, 11) is 0. The fourth-order valence-corrected chi connectivity index (χ4v) is 1.02. The Hall–Kier alpha value is -2.84. The first-order chi connectivity index (χ1) is 7.90. The molecule has 0 fully saturated rings. The molecule has 9 nitrogen and oxygen atoms in total. The van der Waals surface area contributed by atoms with E-state index in [2.05, 4.69) is 9.98 Å². The molecule has 1 aromatic rings. The number of benzene rings is 1. The summed E-state index contributed by atoms with van der Waals surface area (Å²) in [6, 6.07) is 3.50. The molecule has 0 bridgehead atoms. The maximum Gasteiger partial charge on any atom is 0.312 e. The van der Waals surface area contributed by atoms with Gasteiger partial charge in [0.05, 0.1) is 10.6 Å². The highest BCUT2D eigenvalue weighted by Gasteiger charge is 2.13. The third-order valence-corrected chi connectivity index (χ3v) is 1.64. The van der Waals surface area contributed by atoms with Gasteiger partial charge in [0.1, 0.15) is 0 Å². The van der Waals surface area contributed by atoms with Gasteiger partial charge in [-0.2, -0.15) is 4.99 Å². The van der Waals surface area contributed by atoms with E-state index in [1.807, 2.05) is 0 Å². The third-order valence-electron chi connectivity index (χ3n) is 1.64. The summed E-state index contributed by atoms with van der Waals surface area (Å²) in [6.45, 7) is 0. The fourth-order valence-electron chi connectivity index (χ4n) is 1.02. The molecular weight excluding hydrogens is 228 g/mol. The number of nitro groups is 1. The van der Waals surface area contributed by atoms with Crippen molar-refractivity contribution >= 4 is 23.3 Å². The summed E-state index contributed by atoms with van der Waals surface area (Å²) in [4.78, 5) is 16.9. The fraction of sp³-hybridized carbons (Fsp3) is 0. The number of aliphatic imine (C=N–C) groups is 2. The van der Waals surface area contributed by atoms with Crippen LogP contribution in [-0.4, -0.2) is 21.9 Å². The SMILES string of the molecule is NC(N)=NC(N)=Nc1ccc(O)c([N+](=O)[O-])c1. The van der Waals surface area contributed by atoms with Gasteiger partial charge in [0.15, 0.2) is 11.7 Å². The van der Waals surface area contributed by atoms with Gasteiger partial charge in [0.2, 0.25) is 5.96 Å². The zero-order valence-electron chi connectivity index (χ0n) is 8.57. The number of nitrogens with zero attached hydrogens (tertiary/aromatic N) is 3. The van der Waals surface area contributed by atoms with Gasteiger partial charge in [0, 0.05) is 6.07 Å². The molecule has 0 aliphatic heterocycles. The van der Waals surface area contributed by atoms with Gasteiger partial charge in [-0.15, -0.1) is 0 Å². The van der Waals surface area contributed by atoms with E-state index < -0.39 is 16.4 Å². The van der Waals surface area contributed by atoms with E-state index >= 15 is 0 Å². The molecule has 0 saturated heterocycles. The topological polar surface area (TPSA) is 166 Å². The molecule has 7 N–H and O–H groups in total. The molecule has 0 unspecified atom stereocenters. The van der Waals surface area contributed by atoms with Crippen LogP contribution < -0.4 is 17.2 Å². The number of aromatic hydroxyl groups is 1. The largest absolute Gasteiger partial charge is 0.502 e. The van der Waals surface area contributed by atoms with Crippen molar-refractivity contribution in [1.82, 2.24) is 0 Å². The van der Waals surface area contributed by atoms with Crippen LogP contribution in [0.25, 0.3) is 0 Å². The molecule has 0 saturated carbocycles. The van der Waals surface area contributed by atoms with E-state index in [1.165, 1.54) is 6.07 Å². The maximum absolute atomic E-state index is 10.5. The van der Waals surface area contributed by atoms with Crippen molar-refractivity contribution in [3.05, 3.63) is 28.3 Å². The first-order valence-corrected chi connectivity index (χ1v) is 4.31. The van der Waals surface area contributed by atoms with Gasteiger partial charge in [-0.05, 0) is 12.1 Å². The average Bonchev–Trinajstić information content (AvgIpc) is 2.19. The summed E-state index contributed by atoms with van der Waals surface area (Å²) >= 11 is 0. The molecule has 0 aliphatic carbocycles. The van der Waals surface area contributed by atoms with Crippen molar-refractivity contribution in [3.8, 4) is 5.75 Å². The lowest BCUT2D eigenvalue weighted by Crippen LogP contribution is -2.26. The zero-order chi connectivity index (χ0) is 13.0. The van der Waals surface area contributed by atoms with Crippen LogP contribution in [0.2, 0.25) is 0 Å². The van der Waals surface area contributed by atoms with Gasteiger partial charge in [-0.1, -0.05) is 0 Å². The molecule has 90 valence electrons. The van der Waals surface area contributed by atoms with Crippen LogP contribution in [0, 0.1) is 10.1 Å². The Bertz CT molecular complexity index is 506. The van der Waals surface area contributed by atoms with Gasteiger partial charge in [-0.25, -0.2) is 4.99 Å². The molecule has 0 aromatic heterocycles. The monoisotopic (exact) mass is 238 g/mol. The number of hydrogen-bond donors (Lipinski definition) is 4. The lowest BCUT2D eigenvalue weighted by atomic mass is 10.2. The number of phenols is 1. The van der Waals surface area contributed by atoms with E-state index in [9.17, 15) is 15.2 Å².